The number of aromatic nitrogens is 3. The van der Waals surface area contributed by atoms with E-state index >= 15 is 0 Å². The third kappa shape index (κ3) is 4.02. The minimum Gasteiger partial charge on any atom is -0.486 e. The van der Waals surface area contributed by atoms with E-state index < -0.39 is 0 Å². The number of rotatable bonds is 6. The Kier molecular flexibility index (Phi) is 5.35. The average molecular weight is 406 g/mol. The van der Waals surface area contributed by atoms with Gasteiger partial charge in [-0.2, -0.15) is 5.10 Å². The molecule has 1 amide bonds. The van der Waals surface area contributed by atoms with Gasteiger partial charge in [-0.3, -0.25) is 9.59 Å². The summed E-state index contributed by atoms with van der Waals surface area (Å²) in [4.78, 5) is 29.6. The summed E-state index contributed by atoms with van der Waals surface area (Å²) in [5.74, 6) is 0.428. The molecule has 0 spiro atoms. The van der Waals surface area contributed by atoms with E-state index in [1.54, 1.807) is 24.3 Å². The Hall–Kier alpha value is -3.52. The van der Waals surface area contributed by atoms with Gasteiger partial charge < -0.3 is 10.1 Å². The number of hydrogen-bond acceptors (Lipinski definition) is 6. The third-order valence-corrected chi connectivity index (χ3v) is 5.20. The number of hydrogen-bond donors (Lipinski definition) is 1. The van der Waals surface area contributed by atoms with Crippen molar-refractivity contribution in [2.75, 3.05) is 7.05 Å². The van der Waals surface area contributed by atoms with Gasteiger partial charge in [-0.1, -0.05) is 36.4 Å². The fourth-order valence-electron chi connectivity index (χ4n) is 2.93. The monoisotopic (exact) mass is 406 g/mol. The lowest BCUT2D eigenvalue weighted by Crippen LogP contribution is -2.29. The van der Waals surface area contributed by atoms with Gasteiger partial charge in [-0.05, 0) is 18.2 Å². The van der Waals surface area contributed by atoms with Crippen LogP contribution in [0.25, 0.3) is 10.8 Å². The van der Waals surface area contributed by atoms with Gasteiger partial charge in [0.25, 0.3) is 11.5 Å². The number of ether oxygens (including phenoxy) is 1. The fourth-order valence-corrected chi connectivity index (χ4v) is 3.63. The van der Waals surface area contributed by atoms with Gasteiger partial charge in [0, 0.05) is 17.8 Å². The van der Waals surface area contributed by atoms with Crippen LogP contribution >= 0.6 is 11.3 Å². The molecule has 0 aliphatic heterocycles. The molecule has 4 aromatic rings. The molecule has 0 saturated heterocycles. The van der Waals surface area contributed by atoms with E-state index in [4.69, 9.17) is 4.74 Å². The van der Waals surface area contributed by atoms with Crippen LogP contribution in [0.15, 0.2) is 64.8 Å². The van der Waals surface area contributed by atoms with Gasteiger partial charge in [0.1, 0.15) is 17.4 Å². The molecule has 0 aliphatic carbocycles. The molecule has 0 radical (unpaired) electrons. The van der Waals surface area contributed by atoms with E-state index in [9.17, 15) is 9.59 Å². The second-order valence-corrected chi connectivity index (χ2v) is 7.21. The minimum atomic E-state index is -0.342. The van der Waals surface area contributed by atoms with E-state index in [-0.39, 0.29) is 23.7 Å². The Morgan fingerprint density at radius 2 is 1.83 bits per heavy atom. The van der Waals surface area contributed by atoms with Crippen molar-refractivity contribution in [1.82, 2.24) is 20.1 Å². The number of nitrogens with one attached hydrogen (secondary N) is 1. The molecule has 0 bridgehead atoms. The van der Waals surface area contributed by atoms with Gasteiger partial charge in [0.2, 0.25) is 0 Å². The quantitative estimate of drug-likeness (QED) is 0.532. The smallest absolute Gasteiger partial charge is 0.275 e. The molecule has 0 atom stereocenters. The molecule has 1 N–H and O–H groups in total. The second kappa shape index (κ2) is 8.24. The van der Waals surface area contributed by atoms with E-state index in [0.29, 0.717) is 23.1 Å². The maximum atomic E-state index is 12.8. The van der Waals surface area contributed by atoms with E-state index in [2.05, 4.69) is 15.4 Å². The molecule has 29 heavy (non-hydrogen) atoms. The number of thiazole rings is 1. The van der Waals surface area contributed by atoms with Gasteiger partial charge in [0.05, 0.1) is 17.6 Å². The minimum absolute atomic E-state index is 0.176. The predicted octanol–water partition coefficient (Wildman–Crippen LogP) is 2.84. The highest BCUT2D eigenvalue weighted by Gasteiger charge is 2.16. The highest BCUT2D eigenvalue weighted by molar-refractivity contribution is 7.09. The Labute approximate surface area is 170 Å². The predicted molar refractivity (Wildman–Crippen MR) is 111 cm³/mol. The number of amides is 1. The number of carbonyl (C=O) groups excluding carboxylic acids is 1. The molecule has 2 aromatic heterocycles. The van der Waals surface area contributed by atoms with Crippen molar-refractivity contribution in [2.45, 2.75) is 13.2 Å². The Balaban J connectivity index is 1.60. The first-order valence-electron chi connectivity index (χ1n) is 8.99. The first-order chi connectivity index (χ1) is 14.2. The molecular formula is C21H18N4O3S. The van der Waals surface area contributed by atoms with Crippen LogP contribution in [0.5, 0.6) is 5.75 Å². The molecule has 7 nitrogen and oxygen atoms in total. The van der Waals surface area contributed by atoms with E-state index in [0.717, 1.165) is 10.8 Å². The van der Waals surface area contributed by atoms with E-state index in [1.807, 2.05) is 35.7 Å². The highest BCUT2D eigenvalue weighted by atomic mass is 32.1. The van der Waals surface area contributed by atoms with Gasteiger partial charge >= 0.3 is 0 Å². The number of fused-ring (bicyclic) bond motifs is 1. The maximum Gasteiger partial charge on any atom is 0.275 e. The molecule has 8 heteroatoms. The summed E-state index contributed by atoms with van der Waals surface area (Å²) in [6.07, 6.45) is 0. The molecule has 0 fully saturated rings. The van der Waals surface area contributed by atoms with Crippen LogP contribution in [0.4, 0.5) is 0 Å². The topological polar surface area (TPSA) is 86.1 Å². The van der Waals surface area contributed by atoms with Crippen LogP contribution < -0.4 is 15.6 Å². The SMILES string of the molecule is CNC(=O)c1nn(Cc2csc(COc3ccccc3)n2)c(=O)c2ccccc12. The van der Waals surface area contributed by atoms with Crippen LogP contribution in [0.3, 0.4) is 0 Å². The lowest BCUT2D eigenvalue weighted by atomic mass is 10.1. The zero-order valence-corrected chi connectivity index (χ0v) is 16.5. The number of benzene rings is 2. The largest absolute Gasteiger partial charge is 0.486 e. The van der Waals surface area contributed by atoms with Crippen molar-refractivity contribution in [1.29, 1.82) is 0 Å². The van der Waals surface area contributed by atoms with Crippen molar-refractivity contribution in [2.24, 2.45) is 0 Å². The summed E-state index contributed by atoms with van der Waals surface area (Å²) in [7, 11) is 1.54. The van der Waals surface area contributed by atoms with Gasteiger partial charge in [0.15, 0.2) is 5.69 Å². The third-order valence-electron chi connectivity index (χ3n) is 4.33. The fraction of sp³-hybridized carbons (Fsp3) is 0.143. The van der Waals surface area contributed by atoms with Crippen molar-refractivity contribution in [3.8, 4) is 5.75 Å². The maximum absolute atomic E-state index is 12.8. The normalized spacial score (nSPS) is 10.8. The van der Waals surface area contributed by atoms with Crippen molar-refractivity contribution in [3.63, 3.8) is 0 Å². The summed E-state index contributed by atoms with van der Waals surface area (Å²) < 4.78 is 6.99. The molecule has 146 valence electrons. The molecule has 2 heterocycles. The van der Waals surface area contributed by atoms with Gasteiger partial charge in [-0.25, -0.2) is 9.67 Å². The van der Waals surface area contributed by atoms with Crippen LogP contribution in [0.1, 0.15) is 21.2 Å². The number of carbonyl (C=O) groups is 1. The van der Waals surface area contributed by atoms with Crippen LogP contribution in [0.2, 0.25) is 0 Å². The Morgan fingerprint density at radius 3 is 2.59 bits per heavy atom. The molecule has 0 unspecified atom stereocenters. The lowest BCUT2D eigenvalue weighted by molar-refractivity contribution is 0.0957. The van der Waals surface area contributed by atoms with Crippen LogP contribution in [-0.4, -0.2) is 27.7 Å². The molecule has 4 rings (SSSR count). The summed E-state index contributed by atoms with van der Waals surface area (Å²) in [6, 6.07) is 16.5. The van der Waals surface area contributed by atoms with Crippen LogP contribution in [-0.2, 0) is 13.2 Å². The molecule has 0 saturated carbocycles. The zero-order valence-electron chi connectivity index (χ0n) is 15.7. The summed E-state index contributed by atoms with van der Waals surface area (Å²) in [5.41, 5.74) is 0.642. The second-order valence-electron chi connectivity index (χ2n) is 6.27. The molecule has 0 aliphatic rings. The Bertz CT molecular complexity index is 1220. The summed E-state index contributed by atoms with van der Waals surface area (Å²) in [6.45, 7) is 0.522. The average Bonchev–Trinajstić information content (AvgIpc) is 3.22. The van der Waals surface area contributed by atoms with Crippen molar-refractivity contribution >= 4 is 28.0 Å². The lowest BCUT2D eigenvalue weighted by Gasteiger charge is -2.09. The molecular weight excluding hydrogens is 388 g/mol. The first-order valence-corrected chi connectivity index (χ1v) is 9.86. The summed E-state index contributed by atoms with van der Waals surface area (Å²) >= 11 is 1.45. The highest BCUT2D eigenvalue weighted by Crippen LogP contribution is 2.17. The van der Waals surface area contributed by atoms with Gasteiger partial charge in [-0.15, -0.1) is 11.3 Å². The zero-order chi connectivity index (χ0) is 20.2. The van der Waals surface area contributed by atoms with Crippen molar-refractivity contribution in [3.05, 3.63) is 86.7 Å². The van der Waals surface area contributed by atoms with Crippen LogP contribution in [0, 0.1) is 0 Å². The Morgan fingerprint density at radius 1 is 1.10 bits per heavy atom. The van der Waals surface area contributed by atoms with Crippen molar-refractivity contribution < 1.29 is 9.53 Å². The summed E-state index contributed by atoms with van der Waals surface area (Å²) in [5, 5.41) is 10.5. The first kappa shape index (κ1) is 18.8. The van der Waals surface area contributed by atoms with E-state index in [1.165, 1.54) is 23.1 Å². The number of nitrogens with zero attached hydrogens (tertiary/aromatic N) is 3. The molecule has 2 aromatic carbocycles. The number of para-hydroxylation sites is 1. The standard InChI is InChI=1S/C21H18N4O3S/c1-22-20(26)19-16-9-5-6-10-17(16)21(27)25(24-19)11-14-13-29-18(23-14)12-28-15-7-3-2-4-8-15/h2-10,13H,11-12H2,1H3,(H,22,26).